The molecule has 3 heteroatoms. The summed E-state index contributed by atoms with van der Waals surface area (Å²) in [6, 6.07) is 8.65. The lowest BCUT2D eigenvalue weighted by Gasteiger charge is -2.27. The Bertz CT molecular complexity index is 455. The van der Waals surface area contributed by atoms with Gasteiger partial charge >= 0.3 is 0 Å². The van der Waals surface area contributed by atoms with Gasteiger partial charge < -0.3 is 9.47 Å². The number of hydrogen-bond donors (Lipinski definition) is 0. The molecular weight excluding hydrogens is 267 g/mol. The van der Waals surface area contributed by atoms with Crippen molar-refractivity contribution in [2.24, 2.45) is 5.92 Å². The van der Waals surface area contributed by atoms with Gasteiger partial charge in [0.2, 0.25) is 0 Å². The van der Waals surface area contributed by atoms with Crippen molar-refractivity contribution >= 4 is 0 Å². The van der Waals surface area contributed by atoms with E-state index in [9.17, 15) is 4.39 Å². The van der Waals surface area contributed by atoms with Crippen molar-refractivity contribution in [2.45, 2.75) is 44.3 Å². The second kappa shape index (κ2) is 7.19. The van der Waals surface area contributed by atoms with Gasteiger partial charge in [0, 0.05) is 5.56 Å². The smallest absolute Gasteiger partial charge is 0.183 e. The Balaban J connectivity index is 1.59. The normalized spacial score (nSPS) is 28.0. The van der Waals surface area contributed by atoms with E-state index in [4.69, 9.17) is 9.47 Å². The molecule has 0 unspecified atom stereocenters. The van der Waals surface area contributed by atoms with Crippen LogP contribution in [-0.4, -0.2) is 13.2 Å². The molecule has 2 aliphatic rings. The molecule has 0 bridgehead atoms. The summed E-state index contributed by atoms with van der Waals surface area (Å²) in [6.45, 7) is 1.55. The maximum atomic E-state index is 12.2. The van der Waals surface area contributed by atoms with Crippen LogP contribution < -0.4 is 0 Å². The van der Waals surface area contributed by atoms with Crippen molar-refractivity contribution in [1.82, 2.24) is 0 Å². The highest BCUT2D eigenvalue weighted by Crippen LogP contribution is 2.36. The highest BCUT2D eigenvalue weighted by Gasteiger charge is 2.22. The van der Waals surface area contributed by atoms with Crippen LogP contribution in [0.5, 0.6) is 0 Å². The maximum Gasteiger partial charge on any atom is 0.183 e. The van der Waals surface area contributed by atoms with Gasteiger partial charge in [-0.3, -0.25) is 0 Å². The van der Waals surface area contributed by atoms with E-state index in [0.717, 1.165) is 50.9 Å². The van der Waals surface area contributed by atoms with Crippen molar-refractivity contribution in [3.63, 3.8) is 0 Å². The molecule has 1 saturated heterocycles. The van der Waals surface area contributed by atoms with Gasteiger partial charge in [0.15, 0.2) is 6.29 Å². The van der Waals surface area contributed by atoms with Gasteiger partial charge in [-0.1, -0.05) is 30.3 Å². The third kappa shape index (κ3) is 3.72. The molecule has 1 aromatic carbocycles. The van der Waals surface area contributed by atoms with Gasteiger partial charge in [-0.2, -0.15) is 0 Å². The van der Waals surface area contributed by atoms with E-state index in [1.54, 1.807) is 6.08 Å². The number of benzene rings is 1. The second-order valence-corrected chi connectivity index (χ2v) is 6.02. The molecule has 0 amide bonds. The lowest BCUT2D eigenvalue weighted by atomic mass is 9.78. The SMILES string of the molecule is F/C=C/C1CCC(c2ccc(C3OCCCO3)cc2)CC1. The molecule has 0 spiro atoms. The van der Waals surface area contributed by atoms with E-state index in [1.165, 1.54) is 5.56 Å². The third-order valence-corrected chi connectivity index (χ3v) is 4.62. The molecule has 21 heavy (non-hydrogen) atoms. The summed E-state index contributed by atoms with van der Waals surface area (Å²) in [7, 11) is 0. The average Bonchev–Trinajstić information content (AvgIpc) is 2.57. The lowest BCUT2D eigenvalue weighted by Crippen LogP contribution is -2.17. The van der Waals surface area contributed by atoms with Crippen LogP contribution in [-0.2, 0) is 9.47 Å². The number of halogens is 1. The van der Waals surface area contributed by atoms with Crippen LogP contribution in [0.3, 0.4) is 0 Å². The van der Waals surface area contributed by atoms with Crippen LogP contribution in [0, 0.1) is 5.92 Å². The van der Waals surface area contributed by atoms with Gasteiger partial charge in [0.1, 0.15) is 0 Å². The fourth-order valence-corrected chi connectivity index (χ4v) is 3.35. The summed E-state index contributed by atoms with van der Waals surface area (Å²) in [5.74, 6) is 1.03. The number of rotatable bonds is 3. The van der Waals surface area contributed by atoms with E-state index in [1.807, 2.05) is 0 Å². The molecule has 2 nitrogen and oxygen atoms in total. The van der Waals surface area contributed by atoms with Crippen molar-refractivity contribution in [3.05, 3.63) is 47.8 Å². The number of hydrogen-bond acceptors (Lipinski definition) is 2. The Morgan fingerprint density at radius 3 is 2.14 bits per heavy atom. The first-order chi connectivity index (χ1) is 10.4. The van der Waals surface area contributed by atoms with E-state index >= 15 is 0 Å². The molecule has 0 N–H and O–H groups in total. The fraction of sp³-hybridized carbons (Fsp3) is 0.556. The number of allylic oxidation sites excluding steroid dienone is 1. The average molecular weight is 290 g/mol. The van der Waals surface area contributed by atoms with Gasteiger partial charge in [-0.25, -0.2) is 4.39 Å². The summed E-state index contributed by atoms with van der Waals surface area (Å²) in [5.41, 5.74) is 2.49. The first-order valence-corrected chi connectivity index (χ1v) is 7.97. The molecule has 0 atom stereocenters. The molecule has 0 radical (unpaired) electrons. The Kier molecular flexibility index (Phi) is 5.04. The summed E-state index contributed by atoms with van der Waals surface area (Å²) in [6.07, 6.45) is 7.64. The van der Waals surface area contributed by atoms with Gasteiger partial charge in [-0.05, 0) is 49.5 Å². The van der Waals surface area contributed by atoms with E-state index < -0.39 is 0 Å². The third-order valence-electron chi connectivity index (χ3n) is 4.62. The summed E-state index contributed by atoms with van der Waals surface area (Å²) >= 11 is 0. The van der Waals surface area contributed by atoms with Crippen LogP contribution in [0.15, 0.2) is 36.7 Å². The molecule has 1 aromatic rings. The van der Waals surface area contributed by atoms with E-state index in [-0.39, 0.29) is 6.29 Å². The molecular formula is C18H23FO2. The first kappa shape index (κ1) is 14.7. The summed E-state index contributed by atoms with van der Waals surface area (Å²) in [4.78, 5) is 0. The highest BCUT2D eigenvalue weighted by atomic mass is 19.1. The van der Waals surface area contributed by atoms with Crippen LogP contribution in [0.25, 0.3) is 0 Å². The molecule has 2 fully saturated rings. The van der Waals surface area contributed by atoms with E-state index in [2.05, 4.69) is 24.3 Å². The Hall–Kier alpha value is -1.19. The zero-order chi connectivity index (χ0) is 14.5. The zero-order valence-corrected chi connectivity index (χ0v) is 12.3. The van der Waals surface area contributed by atoms with Gasteiger partial charge in [-0.15, -0.1) is 0 Å². The minimum atomic E-state index is -0.196. The topological polar surface area (TPSA) is 18.5 Å². The summed E-state index contributed by atoms with van der Waals surface area (Å²) < 4.78 is 23.5. The maximum absolute atomic E-state index is 12.2. The zero-order valence-electron chi connectivity index (χ0n) is 12.3. The largest absolute Gasteiger partial charge is 0.348 e. The van der Waals surface area contributed by atoms with Crippen LogP contribution in [0.4, 0.5) is 4.39 Å². The van der Waals surface area contributed by atoms with Crippen molar-refractivity contribution in [2.75, 3.05) is 13.2 Å². The van der Waals surface area contributed by atoms with Crippen LogP contribution >= 0.6 is 0 Å². The van der Waals surface area contributed by atoms with Crippen molar-refractivity contribution in [1.29, 1.82) is 0 Å². The monoisotopic (exact) mass is 290 g/mol. The van der Waals surface area contributed by atoms with Gasteiger partial charge in [0.05, 0.1) is 19.5 Å². The lowest BCUT2D eigenvalue weighted by molar-refractivity contribution is -0.183. The molecule has 1 heterocycles. The standard InChI is InChI=1S/C18H23FO2/c19-11-10-14-2-4-15(5-3-14)16-6-8-17(9-7-16)18-20-12-1-13-21-18/h6-11,14-15,18H,1-5,12-13H2/b11-10+. The van der Waals surface area contributed by atoms with E-state index in [0.29, 0.717) is 18.2 Å². The van der Waals surface area contributed by atoms with Crippen LogP contribution in [0.2, 0.25) is 0 Å². The minimum absolute atomic E-state index is 0.196. The predicted molar refractivity (Wildman–Crippen MR) is 80.7 cm³/mol. The Morgan fingerprint density at radius 2 is 1.52 bits per heavy atom. The Morgan fingerprint density at radius 1 is 0.905 bits per heavy atom. The molecule has 1 saturated carbocycles. The first-order valence-electron chi connectivity index (χ1n) is 7.97. The molecule has 0 aromatic heterocycles. The molecule has 3 rings (SSSR count). The number of ether oxygens (including phenoxy) is 2. The minimum Gasteiger partial charge on any atom is -0.348 e. The molecule has 1 aliphatic heterocycles. The predicted octanol–water partition coefficient (Wildman–Crippen LogP) is 4.88. The Labute approximate surface area is 126 Å². The van der Waals surface area contributed by atoms with Crippen molar-refractivity contribution < 1.29 is 13.9 Å². The molecule has 1 aliphatic carbocycles. The van der Waals surface area contributed by atoms with Gasteiger partial charge in [0.25, 0.3) is 0 Å². The highest BCUT2D eigenvalue weighted by molar-refractivity contribution is 5.26. The molecule has 114 valence electrons. The summed E-state index contributed by atoms with van der Waals surface area (Å²) in [5, 5.41) is 0. The fourth-order valence-electron chi connectivity index (χ4n) is 3.35. The second-order valence-electron chi connectivity index (χ2n) is 6.02. The van der Waals surface area contributed by atoms with Crippen molar-refractivity contribution in [3.8, 4) is 0 Å². The quantitative estimate of drug-likeness (QED) is 0.790. The van der Waals surface area contributed by atoms with Crippen LogP contribution in [0.1, 0.15) is 55.4 Å².